The highest BCUT2D eigenvalue weighted by Crippen LogP contribution is 2.26. The Kier molecular flexibility index (Phi) is 7.53. The van der Waals surface area contributed by atoms with Crippen LogP contribution in [0.15, 0.2) is 0 Å². The third-order valence-corrected chi connectivity index (χ3v) is 5.64. The highest BCUT2D eigenvalue weighted by atomic mass is 32.2. The maximum atomic E-state index is 12.7. The molecule has 0 unspecified atom stereocenters. The van der Waals surface area contributed by atoms with Crippen molar-refractivity contribution in [1.29, 1.82) is 0 Å². The molecule has 10 heteroatoms. The van der Waals surface area contributed by atoms with Crippen molar-refractivity contribution in [1.82, 2.24) is 4.90 Å². The molecule has 0 radical (unpaired) electrons. The van der Waals surface area contributed by atoms with Crippen LogP contribution in [-0.4, -0.2) is 74.6 Å². The van der Waals surface area contributed by atoms with Crippen LogP contribution in [0.1, 0.15) is 19.3 Å². The van der Waals surface area contributed by atoms with Gasteiger partial charge in [-0.25, -0.2) is 4.79 Å². The molecule has 1 amide bonds. The second-order valence-corrected chi connectivity index (χ2v) is 7.77. The number of nitrogens with zero attached hydrogens (tertiary/aromatic N) is 1. The van der Waals surface area contributed by atoms with Crippen LogP contribution in [0.25, 0.3) is 0 Å². The molecular weight excluding hydrogens is 362 g/mol. The van der Waals surface area contributed by atoms with Crippen molar-refractivity contribution in [3.05, 3.63) is 12.9 Å². The summed E-state index contributed by atoms with van der Waals surface area (Å²) in [6, 6.07) is 0. The van der Waals surface area contributed by atoms with Gasteiger partial charge in [0.05, 0.1) is 39.6 Å². The molecule has 1 aliphatic heterocycles. The third kappa shape index (κ3) is 5.59. The van der Waals surface area contributed by atoms with Crippen LogP contribution in [0, 0.1) is 3.14 Å². The lowest BCUT2D eigenvalue weighted by Gasteiger charge is -2.23. The number of carbonyl (C=O) groups is 2. The number of carbonyl (C=O) groups excluding carboxylic acids is 1. The molecule has 1 fully saturated rings. The van der Waals surface area contributed by atoms with E-state index in [1.807, 2.05) is 0 Å². The molecule has 0 atom stereocenters. The van der Waals surface area contributed by atoms with E-state index in [2.05, 4.69) is 0 Å². The number of carboxylic acid groups (broad SMARTS) is 1. The first-order valence-corrected chi connectivity index (χ1v) is 9.03. The van der Waals surface area contributed by atoms with Crippen molar-refractivity contribution in [2.24, 2.45) is 0 Å². The van der Waals surface area contributed by atoms with E-state index in [4.69, 9.17) is 26.4 Å². The van der Waals surface area contributed by atoms with Crippen LogP contribution in [0.3, 0.4) is 0 Å². The highest BCUT2D eigenvalue weighted by molar-refractivity contribution is 7.76. The monoisotopic (exact) mass is 379 g/mol. The number of hydrogen-bond acceptors (Lipinski definition) is 8. The Morgan fingerprint density at radius 3 is 1.91 bits per heavy atom. The van der Waals surface area contributed by atoms with Gasteiger partial charge in [-0.3, -0.25) is 4.79 Å². The molecule has 23 heavy (non-hydrogen) atoms. The number of amides is 1. The fourth-order valence-electron chi connectivity index (χ4n) is 1.91. The van der Waals surface area contributed by atoms with Crippen LogP contribution in [0.5, 0.6) is 0 Å². The lowest BCUT2D eigenvalue weighted by atomic mass is 10.3. The quantitative estimate of drug-likeness (QED) is 0.784. The zero-order valence-electron chi connectivity index (χ0n) is 12.3. The SMILES string of the molecule is O=C(O)c1sc(=S)sc1C(=O)N1CCOCCOCCOCC1. The van der Waals surface area contributed by atoms with Crippen LogP contribution >= 0.6 is 34.9 Å². The molecule has 1 aromatic heterocycles. The van der Waals surface area contributed by atoms with Gasteiger partial charge in [-0.2, -0.15) is 0 Å². The van der Waals surface area contributed by atoms with Gasteiger partial charge in [0, 0.05) is 13.1 Å². The molecule has 2 rings (SSSR count). The van der Waals surface area contributed by atoms with Crippen LogP contribution < -0.4 is 0 Å². The van der Waals surface area contributed by atoms with Crippen molar-refractivity contribution in [3.63, 3.8) is 0 Å². The number of carboxylic acids is 1. The largest absolute Gasteiger partial charge is 0.477 e. The minimum Gasteiger partial charge on any atom is -0.477 e. The van der Waals surface area contributed by atoms with Gasteiger partial charge < -0.3 is 24.2 Å². The van der Waals surface area contributed by atoms with E-state index in [1.165, 1.54) is 0 Å². The summed E-state index contributed by atoms with van der Waals surface area (Å²) >= 11 is 7.00. The summed E-state index contributed by atoms with van der Waals surface area (Å²) in [6.07, 6.45) is 0. The molecule has 1 saturated heterocycles. The van der Waals surface area contributed by atoms with Crippen LogP contribution in [0.2, 0.25) is 0 Å². The Hall–Kier alpha value is -0.910. The van der Waals surface area contributed by atoms with Crippen LogP contribution in [-0.2, 0) is 14.2 Å². The zero-order valence-corrected chi connectivity index (χ0v) is 14.8. The molecule has 128 valence electrons. The number of aromatic carboxylic acids is 1. The maximum Gasteiger partial charge on any atom is 0.347 e. The number of hydrogen-bond donors (Lipinski definition) is 1. The number of ether oxygens (including phenoxy) is 3. The minimum atomic E-state index is -1.13. The smallest absolute Gasteiger partial charge is 0.347 e. The molecule has 0 aromatic carbocycles. The normalized spacial score (nSPS) is 18.0. The second kappa shape index (κ2) is 9.40. The van der Waals surface area contributed by atoms with Gasteiger partial charge in [0.25, 0.3) is 5.91 Å². The molecule has 1 N–H and O–H groups in total. The molecule has 0 saturated carbocycles. The molecule has 0 aliphatic carbocycles. The Labute approximate surface area is 146 Å². The van der Waals surface area contributed by atoms with Gasteiger partial charge in [0.1, 0.15) is 12.9 Å². The summed E-state index contributed by atoms with van der Waals surface area (Å²) in [5, 5.41) is 9.21. The zero-order chi connectivity index (χ0) is 16.7. The van der Waals surface area contributed by atoms with Crippen molar-refractivity contribution in [2.45, 2.75) is 0 Å². The van der Waals surface area contributed by atoms with Gasteiger partial charge >= 0.3 is 5.97 Å². The van der Waals surface area contributed by atoms with Gasteiger partial charge in [0.15, 0.2) is 0 Å². The lowest BCUT2D eigenvalue weighted by Crippen LogP contribution is -2.37. The van der Waals surface area contributed by atoms with Gasteiger partial charge in [0.2, 0.25) is 0 Å². The first-order chi connectivity index (χ1) is 11.1. The Morgan fingerprint density at radius 1 is 0.913 bits per heavy atom. The molecule has 1 aliphatic rings. The molecule has 1 aromatic rings. The molecule has 7 nitrogen and oxygen atoms in total. The Morgan fingerprint density at radius 2 is 1.39 bits per heavy atom. The van der Waals surface area contributed by atoms with Crippen molar-refractivity contribution in [3.8, 4) is 0 Å². The topological polar surface area (TPSA) is 85.3 Å². The van der Waals surface area contributed by atoms with Gasteiger partial charge in [-0.1, -0.05) is 12.2 Å². The maximum absolute atomic E-state index is 12.7. The summed E-state index contributed by atoms with van der Waals surface area (Å²) in [5.41, 5.74) is 0. The van der Waals surface area contributed by atoms with Crippen molar-refractivity contribution >= 4 is 46.8 Å². The second-order valence-electron chi connectivity index (χ2n) is 4.55. The van der Waals surface area contributed by atoms with E-state index in [9.17, 15) is 14.7 Å². The fourth-order valence-corrected chi connectivity index (χ4v) is 4.33. The summed E-state index contributed by atoms with van der Waals surface area (Å²) < 4.78 is 16.5. The van der Waals surface area contributed by atoms with E-state index < -0.39 is 5.97 Å². The first-order valence-electron chi connectivity index (χ1n) is 6.99. The lowest BCUT2D eigenvalue weighted by molar-refractivity contribution is -0.00429. The van der Waals surface area contributed by atoms with E-state index in [0.717, 1.165) is 22.7 Å². The highest BCUT2D eigenvalue weighted by Gasteiger charge is 2.25. The fraction of sp³-hybridized carbons (Fsp3) is 0.615. The van der Waals surface area contributed by atoms with Crippen molar-refractivity contribution in [2.75, 3.05) is 52.7 Å². The van der Waals surface area contributed by atoms with E-state index in [0.29, 0.717) is 55.9 Å². The summed E-state index contributed by atoms with van der Waals surface area (Å²) in [6.45, 7) is 3.27. The standard InChI is InChI=1S/C13H17NO6S3/c15-11(9-10(12(16)17)23-13(21)22-9)14-1-3-18-5-7-20-8-6-19-4-2-14/h1-8H2,(H,16,17). The predicted octanol–water partition coefficient (Wildman–Crippen LogP) is 1.74. The van der Waals surface area contributed by atoms with Gasteiger partial charge in [-0.05, 0) is 0 Å². The Bertz CT molecular complexity index is 587. The Balaban J connectivity index is 2.10. The first kappa shape index (κ1) is 18.4. The average molecular weight is 379 g/mol. The molecule has 0 spiro atoms. The van der Waals surface area contributed by atoms with E-state index in [-0.39, 0.29) is 15.7 Å². The van der Waals surface area contributed by atoms with Crippen molar-refractivity contribution < 1.29 is 28.9 Å². The molecule has 2 heterocycles. The van der Waals surface area contributed by atoms with E-state index >= 15 is 0 Å². The minimum absolute atomic E-state index is 0.00801. The van der Waals surface area contributed by atoms with Gasteiger partial charge in [-0.15, -0.1) is 22.7 Å². The average Bonchev–Trinajstić information content (AvgIpc) is 2.89. The third-order valence-electron chi connectivity index (χ3n) is 3.01. The number of rotatable bonds is 2. The predicted molar refractivity (Wildman–Crippen MR) is 88.3 cm³/mol. The van der Waals surface area contributed by atoms with E-state index in [1.54, 1.807) is 4.90 Å². The molecular formula is C13H17NO6S3. The summed E-state index contributed by atoms with van der Waals surface area (Å²) in [7, 11) is 0. The van der Waals surface area contributed by atoms with Crippen LogP contribution in [0.4, 0.5) is 0 Å². The molecule has 0 bridgehead atoms. The summed E-state index contributed by atoms with van der Waals surface area (Å²) in [4.78, 5) is 25.6. The summed E-state index contributed by atoms with van der Waals surface area (Å²) in [5.74, 6) is -1.48.